The molecule has 0 bridgehead atoms. The molecule has 0 amide bonds. The van der Waals surface area contributed by atoms with Gasteiger partial charge in [0.05, 0.1) is 0 Å². The van der Waals surface area contributed by atoms with Gasteiger partial charge in [-0.1, -0.05) is 0 Å². The molecule has 72 valence electrons. The second kappa shape index (κ2) is 2.56. The van der Waals surface area contributed by atoms with E-state index in [2.05, 4.69) is 2.51 Å². The van der Waals surface area contributed by atoms with Crippen LogP contribution in [0.2, 0.25) is 0 Å². The van der Waals surface area contributed by atoms with E-state index in [1.807, 2.05) is 0 Å². The van der Waals surface area contributed by atoms with Crippen molar-refractivity contribution in [2.45, 2.75) is 4.90 Å². The molecule has 1 unspecified atom stereocenters. The van der Waals surface area contributed by atoms with Crippen LogP contribution in [0.25, 0.3) is 0 Å². The maximum absolute atomic E-state index is 11.3. The van der Waals surface area contributed by atoms with Crippen LogP contribution in [0.3, 0.4) is 0 Å². The molecule has 0 saturated heterocycles. The Kier molecular flexibility index (Phi) is 1.81. The summed E-state index contributed by atoms with van der Waals surface area (Å²) in [4.78, 5) is -0.191. The van der Waals surface area contributed by atoms with Crippen molar-refractivity contribution in [1.29, 1.82) is 0 Å². The van der Waals surface area contributed by atoms with Crippen molar-refractivity contribution in [3.05, 3.63) is 27.8 Å². The fourth-order valence-corrected chi connectivity index (χ4v) is 8.00. The van der Waals surface area contributed by atoms with Crippen molar-refractivity contribution in [1.82, 2.24) is 0 Å². The van der Waals surface area contributed by atoms with Crippen LogP contribution in [0.1, 0.15) is 0 Å². The van der Waals surface area contributed by atoms with E-state index in [-0.39, 0.29) is 8.47 Å². The summed E-state index contributed by atoms with van der Waals surface area (Å²) in [7, 11) is -4.00. The first-order chi connectivity index (χ1) is 5.93. The predicted octanol–water partition coefficient (Wildman–Crippen LogP) is 0.785. The molecule has 0 aromatic heterocycles. The Hall–Kier alpha value is -0.380. The Bertz CT molecular complexity index is 506. The third kappa shape index (κ3) is 1.31. The topological polar surface area (TPSA) is 80.7 Å². The zero-order valence-corrected chi connectivity index (χ0v) is 9.15. The third-order valence-corrected chi connectivity index (χ3v) is 8.42. The molecule has 0 radical (unpaired) electrons. The standard InChI is InChI=1S/C6H5IO5S/c8-7(9)5-3-1-2-4-6(5)13(10,11)12-7/h1-4H,(H,8,9). The van der Waals surface area contributed by atoms with Crippen LogP contribution in [0.5, 0.6) is 0 Å². The minimum absolute atomic E-state index is 0.0885. The summed E-state index contributed by atoms with van der Waals surface area (Å²) in [6.07, 6.45) is 0. The van der Waals surface area contributed by atoms with Gasteiger partial charge in [-0.2, -0.15) is 0 Å². The average molecular weight is 316 g/mol. The van der Waals surface area contributed by atoms with Gasteiger partial charge < -0.3 is 0 Å². The van der Waals surface area contributed by atoms with Crippen molar-refractivity contribution < 1.29 is 17.4 Å². The Morgan fingerprint density at radius 3 is 2.54 bits per heavy atom. The molecule has 2 rings (SSSR count). The van der Waals surface area contributed by atoms with E-state index in [1.165, 1.54) is 24.3 Å². The second-order valence-electron chi connectivity index (χ2n) is 2.39. The molecule has 0 fully saturated rings. The minimum atomic E-state index is -4.87. The number of benzene rings is 1. The average Bonchev–Trinajstić information content (AvgIpc) is 2.20. The summed E-state index contributed by atoms with van der Waals surface area (Å²) >= 11 is -4.87. The summed E-state index contributed by atoms with van der Waals surface area (Å²) in [6.45, 7) is 0. The van der Waals surface area contributed by atoms with Gasteiger partial charge in [0.15, 0.2) is 0 Å². The molecule has 1 aromatic rings. The molecule has 0 saturated carbocycles. The molecule has 7 heteroatoms. The molecular weight excluding hydrogens is 311 g/mol. The van der Waals surface area contributed by atoms with E-state index in [1.54, 1.807) is 0 Å². The van der Waals surface area contributed by atoms with Crippen molar-refractivity contribution in [2.75, 3.05) is 0 Å². The van der Waals surface area contributed by atoms with Crippen LogP contribution in [-0.2, 0) is 15.7 Å². The molecule has 1 N–H and O–H groups in total. The van der Waals surface area contributed by atoms with Crippen LogP contribution < -0.4 is 0 Å². The van der Waals surface area contributed by atoms with Crippen LogP contribution in [0, 0.1) is 3.57 Å². The first-order valence-electron chi connectivity index (χ1n) is 3.20. The van der Waals surface area contributed by atoms with Crippen molar-refractivity contribution in [3.8, 4) is 0 Å². The van der Waals surface area contributed by atoms with Gasteiger partial charge in [-0.3, -0.25) is 0 Å². The Balaban J connectivity index is 2.87. The van der Waals surface area contributed by atoms with E-state index < -0.39 is 29.4 Å². The van der Waals surface area contributed by atoms with Crippen LogP contribution in [-0.4, -0.2) is 11.9 Å². The van der Waals surface area contributed by atoms with E-state index in [4.69, 9.17) is 0 Å². The summed E-state index contributed by atoms with van der Waals surface area (Å²) in [5, 5.41) is 0. The molecule has 5 nitrogen and oxygen atoms in total. The van der Waals surface area contributed by atoms with Gasteiger partial charge in [-0.25, -0.2) is 0 Å². The van der Waals surface area contributed by atoms with Crippen LogP contribution >= 0.6 is 19.3 Å². The SMILES string of the molecule is O=S1(=O)OI(=O)(O)c2ccccc21. The molecule has 13 heavy (non-hydrogen) atoms. The van der Waals surface area contributed by atoms with Gasteiger partial charge in [-0.15, -0.1) is 0 Å². The van der Waals surface area contributed by atoms with Crippen LogP contribution in [0.4, 0.5) is 0 Å². The van der Waals surface area contributed by atoms with Crippen molar-refractivity contribution >= 4 is 29.4 Å². The second-order valence-corrected chi connectivity index (χ2v) is 8.61. The molecule has 1 heterocycles. The van der Waals surface area contributed by atoms with E-state index in [9.17, 15) is 14.9 Å². The molecular formula is C6H5IO5S. The maximum atomic E-state index is 11.3. The van der Waals surface area contributed by atoms with Crippen LogP contribution in [0.15, 0.2) is 29.2 Å². The fourth-order valence-electron chi connectivity index (χ4n) is 1.03. The molecule has 1 aliphatic heterocycles. The number of hydrogen-bond acceptors (Lipinski definition) is 4. The zero-order valence-electron chi connectivity index (χ0n) is 6.18. The van der Waals surface area contributed by atoms with Crippen molar-refractivity contribution in [3.63, 3.8) is 0 Å². The third-order valence-electron chi connectivity index (χ3n) is 1.53. The van der Waals surface area contributed by atoms with Gasteiger partial charge in [0.1, 0.15) is 0 Å². The molecule has 1 atom stereocenters. The van der Waals surface area contributed by atoms with Gasteiger partial charge in [0, 0.05) is 0 Å². The molecule has 1 aliphatic rings. The Labute approximate surface area is 79.5 Å². The number of hydrogen-bond donors (Lipinski definition) is 1. The number of halogens is 1. The van der Waals surface area contributed by atoms with Gasteiger partial charge in [0.2, 0.25) is 0 Å². The van der Waals surface area contributed by atoms with Gasteiger partial charge >= 0.3 is 79.5 Å². The predicted molar refractivity (Wildman–Crippen MR) is 50.3 cm³/mol. The zero-order chi connectivity index (χ0) is 9.69. The van der Waals surface area contributed by atoms with E-state index >= 15 is 0 Å². The summed E-state index contributed by atoms with van der Waals surface area (Å²) in [6, 6.07) is 5.52. The fraction of sp³-hybridized carbons (Fsp3) is 0. The first-order valence-corrected chi connectivity index (χ1v) is 8.41. The van der Waals surface area contributed by atoms with Gasteiger partial charge in [0.25, 0.3) is 0 Å². The Morgan fingerprint density at radius 1 is 1.31 bits per heavy atom. The monoisotopic (exact) mass is 316 g/mol. The van der Waals surface area contributed by atoms with E-state index in [0.717, 1.165) is 0 Å². The molecule has 1 aromatic carbocycles. The normalized spacial score (nSPS) is 34.8. The summed E-state index contributed by atoms with van der Waals surface area (Å²) < 4.78 is 46.8. The Morgan fingerprint density at radius 2 is 1.92 bits per heavy atom. The first kappa shape index (κ1) is 9.19. The van der Waals surface area contributed by atoms with Crippen molar-refractivity contribution in [2.24, 2.45) is 0 Å². The van der Waals surface area contributed by atoms with E-state index in [0.29, 0.717) is 0 Å². The quantitative estimate of drug-likeness (QED) is 0.716. The summed E-state index contributed by atoms with van der Waals surface area (Å²) in [5.41, 5.74) is 0. The number of rotatable bonds is 0. The number of fused-ring (bicyclic) bond motifs is 1. The molecule has 0 spiro atoms. The van der Waals surface area contributed by atoms with Gasteiger partial charge in [-0.05, 0) is 0 Å². The summed E-state index contributed by atoms with van der Waals surface area (Å²) in [5.74, 6) is 0. The molecule has 0 aliphatic carbocycles.